The van der Waals surface area contributed by atoms with E-state index in [4.69, 9.17) is 30.5 Å². The van der Waals surface area contributed by atoms with Crippen LogP contribution in [0.3, 0.4) is 0 Å². The zero-order valence-electron chi connectivity index (χ0n) is 14.6. The smallest absolute Gasteiger partial charge is 0.342 e. The summed E-state index contributed by atoms with van der Waals surface area (Å²) in [5.74, 6) is 0.464. The summed E-state index contributed by atoms with van der Waals surface area (Å²) in [6, 6.07) is 11.9. The second-order valence-corrected chi connectivity index (χ2v) is 6.16. The van der Waals surface area contributed by atoms with Crippen LogP contribution in [-0.4, -0.2) is 44.8 Å². The van der Waals surface area contributed by atoms with Crippen LogP contribution in [0.4, 0.5) is 0 Å². The van der Waals surface area contributed by atoms with Gasteiger partial charge in [-0.1, -0.05) is 23.7 Å². The maximum atomic E-state index is 12.1. The van der Waals surface area contributed by atoms with E-state index in [-0.39, 0.29) is 18.2 Å². The van der Waals surface area contributed by atoms with Crippen molar-refractivity contribution in [2.75, 3.05) is 26.9 Å². The van der Waals surface area contributed by atoms with Gasteiger partial charge in [0.05, 0.1) is 13.7 Å². The Labute approximate surface area is 161 Å². The van der Waals surface area contributed by atoms with Crippen molar-refractivity contribution < 1.29 is 28.5 Å². The van der Waals surface area contributed by atoms with Crippen LogP contribution in [0.2, 0.25) is 5.02 Å². The fourth-order valence-electron chi connectivity index (χ4n) is 2.49. The average molecular weight is 392 g/mol. The highest BCUT2D eigenvalue weighted by Gasteiger charge is 2.21. The molecule has 3 rings (SSSR count). The summed E-state index contributed by atoms with van der Waals surface area (Å²) in [6.07, 6.45) is -0.326. The van der Waals surface area contributed by atoms with E-state index < -0.39 is 18.5 Å². The van der Waals surface area contributed by atoms with Gasteiger partial charge in [-0.2, -0.15) is 0 Å². The van der Waals surface area contributed by atoms with Crippen molar-refractivity contribution in [2.45, 2.75) is 6.10 Å². The maximum Gasteiger partial charge on any atom is 0.342 e. The summed E-state index contributed by atoms with van der Waals surface area (Å²) < 4.78 is 21.4. The molecule has 1 aliphatic heterocycles. The number of carbonyl (C=O) groups is 2. The summed E-state index contributed by atoms with van der Waals surface area (Å²) in [6.45, 7) is 0.112. The molecule has 0 fully saturated rings. The van der Waals surface area contributed by atoms with E-state index in [0.29, 0.717) is 28.9 Å². The lowest BCUT2D eigenvalue weighted by molar-refractivity contribution is -0.124. The predicted molar refractivity (Wildman–Crippen MR) is 97.6 cm³/mol. The monoisotopic (exact) mass is 391 g/mol. The molecule has 0 saturated carbocycles. The van der Waals surface area contributed by atoms with Crippen LogP contribution in [0, 0.1) is 0 Å². The van der Waals surface area contributed by atoms with E-state index in [2.05, 4.69) is 5.32 Å². The third-order valence-electron chi connectivity index (χ3n) is 3.81. The number of methoxy groups -OCH3 is 1. The number of halogens is 1. The predicted octanol–water partition coefficient (Wildman–Crippen LogP) is 2.46. The van der Waals surface area contributed by atoms with Gasteiger partial charge in [0.2, 0.25) is 0 Å². The van der Waals surface area contributed by atoms with Crippen LogP contribution in [0.1, 0.15) is 10.4 Å². The van der Waals surface area contributed by atoms with Gasteiger partial charge in [-0.05, 0) is 30.3 Å². The average Bonchev–Trinajstić information content (AvgIpc) is 2.70. The zero-order valence-corrected chi connectivity index (χ0v) is 15.3. The summed E-state index contributed by atoms with van der Waals surface area (Å²) >= 11 is 5.88. The molecule has 0 aliphatic carbocycles. The van der Waals surface area contributed by atoms with Crippen molar-refractivity contribution in [2.24, 2.45) is 0 Å². The molecule has 1 amide bonds. The molecule has 1 aliphatic rings. The van der Waals surface area contributed by atoms with Crippen molar-refractivity contribution in [1.82, 2.24) is 5.32 Å². The third kappa shape index (κ3) is 4.83. The quantitative estimate of drug-likeness (QED) is 0.762. The van der Waals surface area contributed by atoms with Crippen LogP contribution in [-0.2, 0) is 9.53 Å². The minimum absolute atomic E-state index is 0.151. The number of carbonyl (C=O) groups excluding carboxylic acids is 2. The van der Waals surface area contributed by atoms with Crippen LogP contribution < -0.4 is 19.5 Å². The lowest BCUT2D eigenvalue weighted by Crippen LogP contribution is -2.42. The highest BCUT2D eigenvalue weighted by atomic mass is 35.5. The molecule has 2 aromatic carbocycles. The molecule has 1 heterocycles. The number of hydrogen-bond donors (Lipinski definition) is 1. The molecule has 0 bridgehead atoms. The van der Waals surface area contributed by atoms with Crippen molar-refractivity contribution in [3.8, 4) is 17.2 Å². The van der Waals surface area contributed by atoms with Crippen LogP contribution in [0.5, 0.6) is 17.2 Å². The first-order valence-electron chi connectivity index (χ1n) is 8.22. The van der Waals surface area contributed by atoms with Gasteiger partial charge < -0.3 is 24.3 Å². The highest BCUT2D eigenvalue weighted by molar-refractivity contribution is 6.31. The van der Waals surface area contributed by atoms with Crippen LogP contribution >= 0.6 is 11.6 Å². The SMILES string of the molecule is COc1ccc(Cl)cc1C(=O)OCC(=O)NCC1COc2ccccc2O1. The summed E-state index contributed by atoms with van der Waals surface area (Å²) in [5.41, 5.74) is 0.151. The van der Waals surface area contributed by atoms with Gasteiger partial charge >= 0.3 is 5.97 Å². The third-order valence-corrected chi connectivity index (χ3v) is 4.05. The standard InChI is InChI=1S/C19H18ClNO6/c1-24-15-7-6-12(20)8-14(15)19(23)26-11-18(22)21-9-13-10-25-16-4-2-3-5-17(16)27-13/h2-8,13H,9-11H2,1H3,(H,21,22). The van der Waals surface area contributed by atoms with Crippen molar-refractivity contribution in [3.63, 3.8) is 0 Å². The van der Waals surface area contributed by atoms with Crippen molar-refractivity contribution in [1.29, 1.82) is 0 Å². The zero-order chi connectivity index (χ0) is 19.2. The Morgan fingerprint density at radius 1 is 1.22 bits per heavy atom. The largest absolute Gasteiger partial charge is 0.496 e. The molecule has 1 unspecified atom stereocenters. The molecular weight excluding hydrogens is 374 g/mol. The second-order valence-electron chi connectivity index (χ2n) is 5.72. The van der Waals surface area contributed by atoms with Crippen molar-refractivity contribution >= 4 is 23.5 Å². The topological polar surface area (TPSA) is 83.1 Å². The Bertz CT molecular complexity index is 841. The summed E-state index contributed by atoms with van der Waals surface area (Å²) in [5, 5.41) is 3.01. The van der Waals surface area contributed by atoms with E-state index in [9.17, 15) is 9.59 Å². The minimum atomic E-state index is -0.698. The van der Waals surface area contributed by atoms with E-state index in [1.807, 2.05) is 18.2 Å². The van der Waals surface area contributed by atoms with Crippen LogP contribution in [0.25, 0.3) is 0 Å². The first-order chi connectivity index (χ1) is 13.1. The molecule has 0 aromatic heterocycles. The Hall–Kier alpha value is -2.93. The Morgan fingerprint density at radius 2 is 2.00 bits per heavy atom. The number of fused-ring (bicyclic) bond motifs is 1. The molecule has 7 nitrogen and oxygen atoms in total. The first kappa shape index (κ1) is 18.8. The van der Waals surface area contributed by atoms with Gasteiger partial charge in [0.15, 0.2) is 18.1 Å². The summed E-state index contributed by atoms with van der Waals surface area (Å²) in [4.78, 5) is 24.1. The molecule has 0 saturated heterocycles. The van der Waals surface area contributed by atoms with E-state index in [1.54, 1.807) is 18.2 Å². The van der Waals surface area contributed by atoms with E-state index in [1.165, 1.54) is 13.2 Å². The number of hydrogen-bond acceptors (Lipinski definition) is 6. The Kier molecular flexibility index (Phi) is 6.03. The van der Waals surface area contributed by atoms with Gasteiger partial charge in [0.1, 0.15) is 24.0 Å². The van der Waals surface area contributed by atoms with E-state index in [0.717, 1.165) is 0 Å². The number of benzene rings is 2. The molecule has 0 radical (unpaired) electrons. The van der Waals surface area contributed by atoms with Gasteiger partial charge in [0, 0.05) is 5.02 Å². The minimum Gasteiger partial charge on any atom is -0.496 e. The molecule has 142 valence electrons. The fraction of sp³-hybridized carbons (Fsp3) is 0.263. The number of rotatable bonds is 6. The molecule has 1 N–H and O–H groups in total. The fourth-order valence-corrected chi connectivity index (χ4v) is 2.66. The van der Waals surface area contributed by atoms with Crippen LogP contribution in [0.15, 0.2) is 42.5 Å². The van der Waals surface area contributed by atoms with Gasteiger partial charge in [-0.3, -0.25) is 4.79 Å². The molecule has 1 atom stereocenters. The molecule has 0 spiro atoms. The number of esters is 1. The first-order valence-corrected chi connectivity index (χ1v) is 8.60. The molecule has 2 aromatic rings. The molecular formula is C19H18ClNO6. The molecule has 27 heavy (non-hydrogen) atoms. The summed E-state index contributed by atoms with van der Waals surface area (Å²) in [7, 11) is 1.43. The number of ether oxygens (including phenoxy) is 4. The van der Waals surface area contributed by atoms with E-state index >= 15 is 0 Å². The lowest BCUT2D eigenvalue weighted by atomic mass is 10.2. The molecule has 8 heteroatoms. The Balaban J connectivity index is 1.46. The normalized spacial score (nSPS) is 15.0. The number of para-hydroxylation sites is 2. The second kappa shape index (κ2) is 8.64. The highest BCUT2D eigenvalue weighted by Crippen LogP contribution is 2.30. The number of nitrogens with one attached hydrogen (secondary N) is 1. The van der Waals surface area contributed by atoms with Crippen molar-refractivity contribution in [3.05, 3.63) is 53.1 Å². The van der Waals surface area contributed by atoms with Gasteiger partial charge in [-0.25, -0.2) is 4.79 Å². The Morgan fingerprint density at radius 3 is 2.78 bits per heavy atom. The van der Waals surface area contributed by atoms with Gasteiger partial charge in [0.25, 0.3) is 5.91 Å². The lowest BCUT2D eigenvalue weighted by Gasteiger charge is -2.26. The maximum absolute atomic E-state index is 12.1. The van der Waals surface area contributed by atoms with Gasteiger partial charge in [-0.15, -0.1) is 0 Å². The number of amides is 1.